The molecule has 0 bridgehead atoms. The monoisotopic (exact) mass is 922 g/mol. The summed E-state index contributed by atoms with van der Waals surface area (Å²) in [6.07, 6.45) is 5.87. The topological polar surface area (TPSA) is 248 Å². The first kappa shape index (κ1) is 47.0. The van der Waals surface area contributed by atoms with Gasteiger partial charge < -0.3 is 26.6 Å². The molecule has 2 aromatic rings. The Balaban J connectivity index is 0.783. The van der Waals surface area contributed by atoms with Gasteiger partial charge in [-0.15, -0.1) is 11.8 Å². The van der Waals surface area contributed by atoms with Gasteiger partial charge in [-0.3, -0.25) is 54.0 Å². The molecule has 21 heteroatoms. The van der Waals surface area contributed by atoms with E-state index in [1.807, 2.05) is 11.9 Å². The van der Waals surface area contributed by atoms with Crippen LogP contribution in [0.15, 0.2) is 42.5 Å². The van der Waals surface area contributed by atoms with Crippen LogP contribution in [0.2, 0.25) is 0 Å². The predicted octanol–water partition coefficient (Wildman–Crippen LogP) is 0.386. The lowest BCUT2D eigenvalue weighted by molar-refractivity contribution is -0.136. The zero-order chi connectivity index (χ0) is 45.5. The third kappa shape index (κ3) is 11.5. The lowest BCUT2D eigenvalue weighted by atomic mass is 9.87. The Morgan fingerprint density at radius 1 is 0.922 bits per heavy atom. The summed E-state index contributed by atoms with van der Waals surface area (Å²) in [6, 6.07) is 12.5. The standard InChI is InChI=1S/C43H58N10O9S2/c1-51(24-37(56)46-17-5-3-4-16-44-31-11-7-10-30-38(31)42(60)53(41(30)59)33-12-13-35(54)49-40(33)58)34-21-27(14-18-45-34)26-8-6-9-28(20-26)32-25-63-43(48-32)50-36(55)22-47-39(57)29-15-19-52(23-29)64(2,61)62/h6-11,20,27,29,32-34,43-45,48H,3-5,12-19,21-25H2,1-2H3,(H,46,56)(H,47,57)(H,50,55)(H,49,54,58). The molecule has 7 rings (SSSR count). The van der Waals surface area contributed by atoms with Crippen molar-refractivity contribution >= 4 is 68.8 Å². The maximum absolute atomic E-state index is 13.3. The molecule has 19 nitrogen and oxygen atoms in total. The molecule has 0 radical (unpaired) electrons. The van der Waals surface area contributed by atoms with Crippen LogP contribution >= 0.6 is 11.8 Å². The summed E-state index contributed by atoms with van der Waals surface area (Å²) in [5.74, 6) is -2.30. The summed E-state index contributed by atoms with van der Waals surface area (Å²) in [5.41, 5.74) is 3.01. The fourth-order valence-electron chi connectivity index (χ4n) is 9.00. The highest BCUT2D eigenvalue weighted by molar-refractivity contribution is 8.00. The van der Waals surface area contributed by atoms with Gasteiger partial charge in [0, 0.05) is 50.1 Å². The molecular weight excluding hydrogens is 865 g/mol. The molecule has 4 saturated heterocycles. The van der Waals surface area contributed by atoms with Crippen LogP contribution in [0.25, 0.3) is 0 Å². The number of nitrogens with zero attached hydrogens (tertiary/aromatic N) is 3. The number of carbonyl (C=O) groups excluding carboxylic acids is 7. The lowest BCUT2D eigenvalue weighted by Gasteiger charge is -2.36. The molecule has 5 heterocycles. The van der Waals surface area contributed by atoms with E-state index in [0.717, 1.165) is 61.1 Å². The molecule has 7 N–H and O–H groups in total. The summed E-state index contributed by atoms with van der Waals surface area (Å²) in [6.45, 7) is 2.36. The highest BCUT2D eigenvalue weighted by Gasteiger charge is 2.45. The van der Waals surface area contributed by atoms with Crippen molar-refractivity contribution < 1.29 is 42.0 Å². The van der Waals surface area contributed by atoms with Gasteiger partial charge in [-0.05, 0) is 87.7 Å². The molecule has 0 aromatic heterocycles. The summed E-state index contributed by atoms with van der Waals surface area (Å²) >= 11 is 1.58. The number of benzene rings is 2. The lowest BCUT2D eigenvalue weighted by Crippen LogP contribution is -2.54. The van der Waals surface area contributed by atoms with Crippen LogP contribution in [0.5, 0.6) is 0 Å². The molecule has 64 heavy (non-hydrogen) atoms. The van der Waals surface area contributed by atoms with Crippen molar-refractivity contribution in [1.29, 1.82) is 0 Å². The highest BCUT2D eigenvalue weighted by atomic mass is 32.2. The number of imide groups is 2. The van der Waals surface area contributed by atoms with Crippen molar-refractivity contribution in [2.45, 2.75) is 81.0 Å². The number of carbonyl (C=O) groups is 7. The highest BCUT2D eigenvalue weighted by Crippen LogP contribution is 2.34. The van der Waals surface area contributed by atoms with Gasteiger partial charge in [0.15, 0.2) is 0 Å². The summed E-state index contributed by atoms with van der Waals surface area (Å²) in [7, 11) is -1.41. The van der Waals surface area contributed by atoms with E-state index in [0.29, 0.717) is 37.7 Å². The number of likely N-dealkylation sites (N-methyl/N-ethyl adjacent to an activating group) is 1. The average molecular weight is 923 g/mol. The number of unbranched alkanes of at least 4 members (excludes halogenated alkanes) is 2. The largest absolute Gasteiger partial charge is 0.384 e. The Bertz CT molecular complexity index is 2250. The van der Waals surface area contributed by atoms with E-state index < -0.39 is 45.6 Å². The average Bonchev–Trinajstić information content (AvgIpc) is 4.02. The molecule has 6 unspecified atom stereocenters. The predicted molar refractivity (Wildman–Crippen MR) is 239 cm³/mol. The van der Waals surface area contributed by atoms with Crippen LogP contribution in [0, 0.1) is 5.92 Å². The Morgan fingerprint density at radius 2 is 1.70 bits per heavy atom. The molecule has 6 atom stereocenters. The second-order valence-corrected chi connectivity index (χ2v) is 20.2. The quantitative estimate of drug-likeness (QED) is 0.0790. The summed E-state index contributed by atoms with van der Waals surface area (Å²) in [5, 5.41) is 21.1. The van der Waals surface area contributed by atoms with E-state index in [1.165, 1.54) is 9.87 Å². The molecule has 5 aliphatic heterocycles. The molecular formula is C43H58N10O9S2. The van der Waals surface area contributed by atoms with Gasteiger partial charge in [-0.2, -0.15) is 0 Å². The number of amides is 7. The van der Waals surface area contributed by atoms with Gasteiger partial charge in [0.05, 0.1) is 42.6 Å². The SMILES string of the molecule is CN(CC(=O)NCCCCCNc1cccc2c1C(=O)N(C1CCC(=O)NC1=O)C2=O)C1CC(c2cccc(C3CSC(NC(=O)CNC(=O)C4CCN(S(C)(=O)=O)C4)N3)c2)CCN1. The van der Waals surface area contributed by atoms with Gasteiger partial charge >= 0.3 is 0 Å². The maximum Gasteiger partial charge on any atom is 0.264 e. The second kappa shape index (κ2) is 20.9. The molecule has 0 saturated carbocycles. The van der Waals surface area contributed by atoms with Crippen LogP contribution in [-0.4, -0.2) is 146 Å². The van der Waals surface area contributed by atoms with Crippen molar-refractivity contribution in [3.8, 4) is 0 Å². The normalized spacial score (nSPS) is 25.0. The number of thioether (sulfide) groups is 1. The molecule has 4 fully saturated rings. The first-order valence-corrected chi connectivity index (χ1v) is 24.8. The fourth-order valence-corrected chi connectivity index (χ4v) is 11.0. The van der Waals surface area contributed by atoms with E-state index in [-0.39, 0.29) is 79.0 Å². The third-order valence-electron chi connectivity index (χ3n) is 12.5. The van der Waals surface area contributed by atoms with Crippen LogP contribution in [0.3, 0.4) is 0 Å². The number of rotatable bonds is 18. The zero-order valence-corrected chi connectivity index (χ0v) is 37.8. The van der Waals surface area contributed by atoms with E-state index in [1.54, 1.807) is 30.0 Å². The van der Waals surface area contributed by atoms with Crippen molar-refractivity contribution in [2.75, 3.05) is 70.2 Å². The number of nitrogens with one attached hydrogen (secondary N) is 7. The molecule has 5 aliphatic rings. The minimum absolute atomic E-state index is 0.0180. The Kier molecular flexibility index (Phi) is 15.4. The second-order valence-electron chi connectivity index (χ2n) is 17.1. The summed E-state index contributed by atoms with van der Waals surface area (Å²) < 4.78 is 24.8. The number of piperidine rings is 2. The Labute approximate surface area is 377 Å². The van der Waals surface area contributed by atoms with Crippen molar-refractivity contribution in [3.05, 3.63) is 64.7 Å². The first-order valence-electron chi connectivity index (χ1n) is 21.9. The zero-order valence-electron chi connectivity index (χ0n) is 36.2. The number of fused-ring (bicyclic) bond motifs is 1. The minimum atomic E-state index is -3.36. The van der Waals surface area contributed by atoms with Crippen LogP contribution in [0.4, 0.5) is 5.69 Å². The minimum Gasteiger partial charge on any atom is -0.384 e. The summed E-state index contributed by atoms with van der Waals surface area (Å²) in [4.78, 5) is 91.7. The third-order valence-corrected chi connectivity index (χ3v) is 14.9. The van der Waals surface area contributed by atoms with Gasteiger partial charge in [0.1, 0.15) is 11.5 Å². The number of anilines is 1. The van der Waals surface area contributed by atoms with E-state index >= 15 is 0 Å². The van der Waals surface area contributed by atoms with Crippen molar-refractivity contribution in [3.63, 3.8) is 0 Å². The smallest absolute Gasteiger partial charge is 0.264 e. The van der Waals surface area contributed by atoms with Crippen LogP contribution in [-0.2, 0) is 34.0 Å². The van der Waals surface area contributed by atoms with Crippen molar-refractivity contribution in [1.82, 2.24) is 46.0 Å². The number of hydrogen-bond donors (Lipinski definition) is 7. The van der Waals surface area contributed by atoms with E-state index in [2.05, 4.69) is 61.5 Å². The fraction of sp³-hybridized carbons (Fsp3) is 0.558. The molecule has 0 aliphatic carbocycles. The number of sulfonamides is 1. The van der Waals surface area contributed by atoms with Crippen molar-refractivity contribution in [2.24, 2.45) is 5.92 Å². The molecule has 0 spiro atoms. The Hall–Kier alpha value is -4.93. The van der Waals surface area contributed by atoms with Crippen LogP contribution in [0.1, 0.15) is 95.2 Å². The number of hydrogen-bond acceptors (Lipinski definition) is 14. The van der Waals surface area contributed by atoms with E-state index in [4.69, 9.17) is 0 Å². The van der Waals surface area contributed by atoms with Crippen LogP contribution < -0.4 is 37.2 Å². The Morgan fingerprint density at radius 3 is 2.48 bits per heavy atom. The molecule has 7 amide bonds. The van der Waals surface area contributed by atoms with Gasteiger partial charge in [-0.1, -0.05) is 30.3 Å². The van der Waals surface area contributed by atoms with Gasteiger partial charge in [-0.25, -0.2) is 12.7 Å². The van der Waals surface area contributed by atoms with Gasteiger partial charge in [0.25, 0.3) is 11.8 Å². The van der Waals surface area contributed by atoms with E-state index in [9.17, 15) is 42.0 Å². The first-order chi connectivity index (χ1) is 30.7. The molecule has 2 aromatic carbocycles. The molecule has 346 valence electrons. The van der Waals surface area contributed by atoms with Gasteiger partial charge in [0.2, 0.25) is 39.6 Å². The maximum atomic E-state index is 13.3.